The van der Waals surface area contributed by atoms with Crippen LogP contribution in [0.4, 0.5) is 0 Å². The van der Waals surface area contributed by atoms with Gasteiger partial charge in [0.1, 0.15) is 5.58 Å². The molecule has 6 nitrogen and oxygen atoms in total. The molecule has 3 aromatic rings. The molecule has 0 aliphatic heterocycles. The van der Waals surface area contributed by atoms with Crippen LogP contribution in [0, 0.1) is 13.8 Å². The molecule has 1 heterocycles. The number of sulfonamides is 1. The summed E-state index contributed by atoms with van der Waals surface area (Å²) in [7, 11) is -0.467. The molecule has 0 bridgehead atoms. The summed E-state index contributed by atoms with van der Waals surface area (Å²) in [6.45, 7) is 4.36. The van der Waals surface area contributed by atoms with Crippen LogP contribution < -0.4 is 5.32 Å². The molecule has 7 heteroatoms. The largest absolute Gasteiger partial charge is 0.464 e. The molecular formula is C21H24N2O4S. The summed E-state index contributed by atoms with van der Waals surface area (Å²) in [5.74, 6) is -0.120. The van der Waals surface area contributed by atoms with E-state index >= 15 is 0 Å². The molecule has 28 heavy (non-hydrogen) atoms. The lowest BCUT2D eigenvalue weighted by atomic mass is 10.0. The third kappa shape index (κ3) is 3.95. The normalized spacial score (nSPS) is 11.9. The van der Waals surface area contributed by atoms with Crippen molar-refractivity contribution in [3.63, 3.8) is 0 Å². The average Bonchev–Trinajstić information content (AvgIpc) is 3.06. The fourth-order valence-corrected chi connectivity index (χ4v) is 3.85. The lowest BCUT2D eigenvalue weighted by Crippen LogP contribution is -2.24. The van der Waals surface area contributed by atoms with Crippen molar-refractivity contribution in [1.29, 1.82) is 0 Å². The van der Waals surface area contributed by atoms with Crippen LogP contribution in [0.2, 0.25) is 0 Å². The fourth-order valence-electron chi connectivity index (χ4n) is 2.95. The van der Waals surface area contributed by atoms with Gasteiger partial charge in [0.15, 0.2) is 0 Å². The highest BCUT2D eigenvalue weighted by Crippen LogP contribution is 2.26. The number of benzene rings is 2. The predicted molar refractivity (Wildman–Crippen MR) is 109 cm³/mol. The van der Waals surface area contributed by atoms with Crippen LogP contribution in [0.15, 0.2) is 52.0 Å². The molecule has 3 rings (SSSR count). The summed E-state index contributed by atoms with van der Waals surface area (Å²) in [5.41, 5.74) is 4.73. The van der Waals surface area contributed by atoms with Crippen molar-refractivity contribution in [2.75, 3.05) is 14.1 Å². The number of nitrogens with zero attached hydrogens (tertiary/aromatic N) is 1. The highest BCUT2D eigenvalue weighted by atomic mass is 32.2. The Hall–Kier alpha value is -2.64. The van der Waals surface area contributed by atoms with Crippen LogP contribution in [-0.2, 0) is 27.8 Å². The second kappa shape index (κ2) is 7.77. The van der Waals surface area contributed by atoms with Gasteiger partial charge in [0.2, 0.25) is 15.9 Å². The van der Waals surface area contributed by atoms with Crippen molar-refractivity contribution in [3.05, 3.63) is 64.9 Å². The Kier molecular flexibility index (Phi) is 5.58. The number of carbonyl (C=O) groups is 1. The predicted octanol–water partition coefficient (Wildman–Crippen LogP) is 3.16. The number of furan rings is 1. The minimum Gasteiger partial charge on any atom is -0.464 e. The number of nitrogens with one attached hydrogen (secondary N) is 1. The highest BCUT2D eigenvalue weighted by molar-refractivity contribution is 7.89. The van der Waals surface area contributed by atoms with E-state index in [1.54, 1.807) is 30.5 Å². The number of hydrogen-bond acceptors (Lipinski definition) is 4. The first-order chi connectivity index (χ1) is 13.2. The van der Waals surface area contributed by atoms with E-state index in [4.69, 9.17) is 4.42 Å². The number of rotatable bonds is 6. The van der Waals surface area contributed by atoms with Crippen LogP contribution in [0.25, 0.3) is 11.0 Å². The Labute approximate surface area is 165 Å². The van der Waals surface area contributed by atoms with E-state index in [0.717, 1.165) is 33.2 Å². The molecule has 1 amide bonds. The summed E-state index contributed by atoms with van der Waals surface area (Å²) in [4.78, 5) is 12.6. The quantitative estimate of drug-likeness (QED) is 0.689. The van der Waals surface area contributed by atoms with Crippen molar-refractivity contribution in [1.82, 2.24) is 9.62 Å². The van der Waals surface area contributed by atoms with Crippen LogP contribution in [0.1, 0.15) is 22.3 Å². The van der Waals surface area contributed by atoms with Crippen molar-refractivity contribution < 1.29 is 17.6 Å². The summed E-state index contributed by atoms with van der Waals surface area (Å²) >= 11 is 0. The SMILES string of the molecule is Cc1ccc2c(CC(=O)NCc3ccc(S(=O)(=O)N(C)C)cc3)coc2c1C. The van der Waals surface area contributed by atoms with Gasteiger partial charge in [0.25, 0.3) is 0 Å². The molecule has 0 saturated heterocycles. The number of aryl methyl sites for hydroxylation is 2. The van der Waals surface area contributed by atoms with E-state index in [0.29, 0.717) is 6.54 Å². The summed E-state index contributed by atoms with van der Waals surface area (Å²) < 4.78 is 31.0. The van der Waals surface area contributed by atoms with Gasteiger partial charge in [0.05, 0.1) is 17.6 Å². The Balaban J connectivity index is 1.64. The van der Waals surface area contributed by atoms with Crippen molar-refractivity contribution in [2.24, 2.45) is 0 Å². The molecule has 0 saturated carbocycles. The first kappa shape index (κ1) is 20.1. The third-order valence-electron chi connectivity index (χ3n) is 4.88. The second-order valence-electron chi connectivity index (χ2n) is 7.03. The Morgan fingerprint density at radius 1 is 1.07 bits per heavy atom. The number of hydrogen-bond donors (Lipinski definition) is 1. The topological polar surface area (TPSA) is 79.6 Å². The minimum atomic E-state index is -3.45. The first-order valence-corrected chi connectivity index (χ1v) is 10.4. The smallest absolute Gasteiger partial charge is 0.242 e. The first-order valence-electron chi connectivity index (χ1n) is 8.94. The molecular weight excluding hydrogens is 376 g/mol. The molecule has 0 atom stereocenters. The standard InChI is InChI=1S/C21H24N2O4S/c1-14-5-10-19-17(13-27-21(19)15(14)2)11-20(24)22-12-16-6-8-18(9-7-16)28(25,26)23(3)4/h5-10,13H,11-12H2,1-4H3,(H,22,24). The van der Waals surface area contributed by atoms with Crippen LogP contribution in [0.5, 0.6) is 0 Å². The van der Waals surface area contributed by atoms with E-state index in [1.165, 1.54) is 18.4 Å². The minimum absolute atomic E-state index is 0.120. The second-order valence-corrected chi connectivity index (χ2v) is 9.18. The van der Waals surface area contributed by atoms with Gasteiger partial charge in [-0.15, -0.1) is 0 Å². The fraction of sp³-hybridized carbons (Fsp3) is 0.286. The zero-order chi connectivity index (χ0) is 20.5. The summed E-state index contributed by atoms with van der Waals surface area (Å²) in [5, 5.41) is 3.82. The van der Waals surface area contributed by atoms with E-state index in [9.17, 15) is 13.2 Å². The maximum Gasteiger partial charge on any atom is 0.242 e. The van der Waals surface area contributed by atoms with E-state index in [2.05, 4.69) is 5.32 Å². The third-order valence-corrected chi connectivity index (χ3v) is 6.71. The zero-order valence-electron chi connectivity index (χ0n) is 16.4. The van der Waals surface area contributed by atoms with Crippen molar-refractivity contribution in [3.8, 4) is 0 Å². The van der Waals surface area contributed by atoms with Gasteiger partial charge >= 0.3 is 0 Å². The van der Waals surface area contributed by atoms with Crippen molar-refractivity contribution >= 4 is 26.9 Å². The van der Waals surface area contributed by atoms with E-state index in [1.807, 2.05) is 26.0 Å². The highest BCUT2D eigenvalue weighted by Gasteiger charge is 2.17. The zero-order valence-corrected chi connectivity index (χ0v) is 17.3. The number of fused-ring (bicyclic) bond motifs is 1. The average molecular weight is 401 g/mol. The molecule has 148 valence electrons. The Morgan fingerprint density at radius 2 is 1.75 bits per heavy atom. The monoisotopic (exact) mass is 400 g/mol. The van der Waals surface area contributed by atoms with Crippen molar-refractivity contribution in [2.45, 2.75) is 31.7 Å². The van der Waals surface area contributed by atoms with Gasteiger partial charge in [-0.25, -0.2) is 12.7 Å². The summed E-state index contributed by atoms with van der Waals surface area (Å²) in [6, 6.07) is 10.5. The molecule has 0 aliphatic carbocycles. The van der Waals surface area contributed by atoms with Gasteiger partial charge in [-0.1, -0.05) is 24.3 Å². The Morgan fingerprint density at radius 3 is 2.39 bits per heavy atom. The number of amides is 1. The molecule has 0 radical (unpaired) electrons. The number of carbonyl (C=O) groups excluding carboxylic acids is 1. The molecule has 1 N–H and O–H groups in total. The van der Waals surface area contributed by atoms with Gasteiger partial charge in [-0.3, -0.25) is 4.79 Å². The molecule has 0 spiro atoms. The van der Waals surface area contributed by atoms with E-state index in [-0.39, 0.29) is 17.2 Å². The van der Waals surface area contributed by atoms with Gasteiger partial charge in [-0.05, 0) is 42.7 Å². The maximum absolute atomic E-state index is 12.3. The molecule has 1 aromatic heterocycles. The van der Waals surface area contributed by atoms with Gasteiger partial charge < -0.3 is 9.73 Å². The lowest BCUT2D eigenvalue weighted by molar-refractivity contribution is -0.120. The maximum atomic E-state index is 12.3. The lowest BCUT2D eigenvalue weighted by Gasteiger charge is -2.12. The van der Waals surface area contributed by atoms with Gasteiger partial charge in [-0.2, -0.15) is 0 Å². The molecule has 0 unspecified atom stereocenters. The van der Waals surface area contributed by atoms with Crippen LogP contribution in [-0.4, -0.2) is 32.7 Å². The van der Waals surface area contributed by atoms with Crippen LogP contribution in [0.3, 0.4) is 0 Å². The van der Waals surface area contributed by atoms with E-state index < -0.39 is 10.0 Å². The summed E-state index contributed by atoms with van der Waals surface area (Å²) in [6.07, 6.45) is 1.86. The van der Waals surface area contributed by atoms with Crippen LogP contribution >= 0.6 is 0 Å². The molecule has 0 aliphatic rings. The Bertz CT molecular complexity index is 1110. The molecule has 0 fully saturated rings. The molecule has 2 aromatic carbocycles. The van der Waals surface area contributed by atoms with Gasteiger partial charge in [0, 0.05) is 31.6 Å².